The quantitative estimate of drug-likeness (QED) is 0.771. The Morgan fingerprint density at radius 2 is 2.00 bits per heavy atom. The van der Waals surface area contributed by atoms with Gasteiger partial charge in [-0.3, -0.25) is 4.79 Å². The number of aromatic amines is 1. The Morgan fingerprint density at radius 1 is 1.20 bits per heavy atom. The molecule has 4 rings (SSSR count). The van der Waals surface area contributed by atoms with Gasteiger partial charge in [-0.05, 0) is 49.7 Å². The number of benzene rings is 2. The first kappa shape index (κ1) is 15.6. The Balaban J connectivity index is 1.43. The zero-order valence-corrected chi connectivity index (χ0v) is 14.3. The number of fused-ring (bicyclic) bond motifs is 2. The number of nitrogens with one attached hydrogen (secondary N) is 2. The average molecular weight is 336 g/mol. The van der Waals surface area contributed by atoms with Crippen LogP contribution in [-0.4, -0.2) is 30.1 Å². The van der Waals surface area contributed by atoms with Gasteiger partial charge in [0.05, 0.1) is 6.54 Å². The van der Waals surface area contributed by atoms with Gasteiger partial charge in [-0.2, -0.15) is 0 Å². The lowest BCUT2D eigenvalue weighted by molar-refractivity contribution is 0.0789. The summed E-state index contributed by atoms with van der Waals surface area (Å²) in [6.45, 7) is 4.91. The molecule has 5 heteroatoms. The first-order valence-corrected chi connectivity index (χ1v) is 8.37. The second-order valence-electron chi connectivity index (χ2n) is 6.34. The van der Waals surface area contributed by atoms with E-state index in [1.54, 1.807) is 0 Å². The Hall–Kier alpha value is -2.95. The number of hydrogen-bond acceptors (Lipinski definition) is 3. The Labute approximate surface area is 146 Å². The maximum absolute atomic E-state index is 12.5. The summed E-state index contributed by atoms with van der Waals surface area (Å²) in [5.74, 6) is 1.35. The lowest BCUT2D eigenvalue weighted by Gasteiger charge is -2.26. The number of hydrogen-bond donors (Lipinski definition) is 2. The highest BCUT2D eigenvalue weighted by Crippen LogP contribution is 2.30. The molecule has 0 saturated carbocycles. The molecular formula is C20H20N2O3. The van der Waals surface area contributed by atoms with Gasteiger partial charge in [-0.25, -0.2) is 0 Å². The molecule has 1 unspecified atom stereocenters. The summed E-state index contributed by atoms with van der Waals surface area (Å²) >= 11 is 0. The van der Waals surface area contributed by atoms with Gasteiger partial charge < -0.3 is 19.8 Å². The van der Waals surface area contributed by atoms with Gasteiger partial charge in [0.25, 0.3) is 5.91 Å². The van der Waals surface area contributed by atoms with Gasteiger partial charge in [0, 0.05) is 22.2 Å². The van der Waals surface area contributed by atoms with E-state index in [9.17, 15) is 4.79 Å². The second-order valence-corrected chi connectivity index (χ2v) is 6.34. The molecule has 0 radical (unpaired) electrons. The third-order valence-electron chi connectivity index (χ3n) is 4.63. The number of carbonyl (C=O) groups excluding carboxylic acids is 1. The summed E-state index contributed by atoms with van der Waals surface area (Å²) in [7, 11) is 0. The van der Waals surface area contributed by atoms with Gasteiger partial charge in [0.2, 0.25) is 0 Å². The summed E-state index contributed by atoms with van der Waals surface area (Å²) in [5.41, 5.74) is 3.99. The fourth-order valence-corrected chi connectivity index (χ4v) is 3.07. The van der Waals surface area contributed by atoms with Crippen molar-refractivity contribution in [3.05, 3.63) is 59.3 Å². The van der Waals surface area contributed by atoms with Crippen LogP contribution in [0.15, 0.2) is 42.5 Å². The molecule has 2 N–H and O–H groups in total. The van der Waals surface area contributed by atoms with Crippen molar-refractivity contribution in [3.63, 3.8) is 0 Å². The van der Waals surface area contributed by atoms with E-state index in [-0.39, 0.29) is 12.0 Å². The van der Waals surface area contributed by atoms with Crippen molar-refractivity contribution in [3.8, 4) is 11.5 Å². The molecule has 1 atom stereocenters. The summed E-state index contributed by atoms with van der Waals surface area (Å²) in [6, 6.07) is 13.3. The van der Waals surface area contributed by atoms with Crippen LogP contribution in [0.25, 0.3) is 10.9 Å². The number of rotatable bonds is 3. The molecule has 128 valence electrons. The molecule has 0 aliphatic carbocycles. The van der Waals surface area contributed by atoms with Crippen molar-refractivity contribution in [1.82, 2.24) is 10.3 Å². The predicted molar refractivity (Wildman–Crippen MR) is 96.5 cm³/mol. The molecule has 2 aromatic carbocycles. The van der Waals surface area contributed by atoms with Crippen molar-refractivity contribution < 1.29 is 14.3 Å². The molecule has 0 fully saturated rings. The van der Waals surface area contributed by atoms with Gasteiger partial charge in [0.15, 0.2) is 11.5 Å². The first-order chi connectivity index (χ1) is 12.1. The maximum atomic E-state index is 12.5. The SMILES string of the molecule is Cc1[nH]c2ccc(C(=O)NCC3COc4ccccc4O3)cc2c1C. The lowest BCUT2D eigenvalue weighted by atomic mass is 10.1. The number of carbonyl (C=O) groups is 1. The molecule has 1 aliphatic rings. The topological polar surface area (TPSA) is 63.4 Å². The average Bonchev–Trinajstić information content (AvgIpc) is 2.93. The zero-order valence-electron chi connectivity index (χ0n) is 14.3. The van der Waals surface area contributed by atoms with Crippen molar-refractivity contribution in [2.75, 3.05) is 13.2 Å². The minimum absolute atomic E-state index is 0.109. The zero-order chi connectivity index (χ0) is 17.4. The van der Waals surface area contributed by atoms with E-state index < -0.39 is 0 Å². The summed E-state index contributed by atoms with van der Waals surface area (Å²) in [4.78, 5) is 15.8. The number of amides is 1. The van der Waals surface area contributed by atoms with Gasteiger partial charge in [0.1, 0.15) is 12.7 Å². The van der Waals surface area contributed by atoms with E-state index in [0.717, 1.165) is 22.3 Å². The summed E-state index contributed by atoms with van der Waals surface area (Å²) < 4.78 is 11.5. The number of H-pyrrole nitrogens is 1. The van der Waals surface area contributed by atoms with Crippen LogP contribution in [0.3, 0.4) is 0 Å². The van der Waals surface area contributed by atoms with Crippen LogP contribution in [0, 0.1) is 13.8 Å². The molecule has 2 heterocycles. The highest BCUT2D eigenvalue weighted by molar-refractivity contribution is 5.99. The fraction of sp³-hybridized carbons (Fsp3) is 0.250. The third kappa shape index (κ3) is 2.93. The smallest absolute Gasteiger partial charge is 0.251 e. The van der Waals surface area contributed by atoms with E-state index in [0.29, 0.717) is 24.5 Å². The van der Waals surface area contributed by atoms with Crippen LogP contribution < -0.4 is 14.8 Å². The maximum Gasteiger partial charge on any atom is 0.251 e. The van der Waals surface area contributed by atoms with Crippen molar-refractivity contribution in [1.29, 1.82) is 0 Å². The monoisotopic (exact) mass is 336 g/mol. The Bertz CT molecular complexity index is 945. The van der Waals surface area contributed by atoms with Gasteiger partial charge in [-0.1, -0.05) is 12.1 Å². The molecule has 1 aliphatic heterocycles. The van der Waals surface area contributed by atoms with Crippen molar-refractivity contribution >= 4 is 16.8 Å². The largest absolute Gasteiger partial charge is 0.486 e. The molecule has 5 nitrogen and oxygen atoms in total. The van der Waals surface area contributed by atoms with Crippen LogP contribution in [0.4, 0.5) is 0 Å². The number of ether oxygens (including phenoxy) is 2. The lowest BCUT2D eigenvalue weighted by Crippen LogP contribution is -2.40. The minimum atomic E-state index is -0.196. The van der Waals surface area contributed by atoms with Crippen LogP contribution >= 0.6 is 0 Å². The van der Waals surface area contributed by atoms with Crippen LogP contribution in [-0.2, 0) is 0 Å². The van der Waals surface area contributed by atoms with Crippen LogP contribution in [0.1, 0.15) is 21.6 Å². The Kier molecular flexibility index (Phi) is 3.84. The molecule has 1 amide bonds. The first-order valence-electron chi connectivity index (χ1n) is 8.37. The van der Waals surface area contributed by atoms with E-state index in [1.807, 2.05) is 49.4 Å². The van der Waals surface area contributed by atoms with E-state index >= 15 is 0 Å². The molecule has 3 aromatic rings. The second kappa shape index (κ2) is 6.16. The molecule has 0 saturated heterocycles. The third-order valence-corrected chi connectivity index (χ3v) is 4.63. The standard InChI is InChI=1S/C20H20N2O3/c1-12-13(2)22-17-8-7-14(9-16(12)17)20(23)21-10-15-11-24-18-5-3-4-6-19(18)25-15/h3-9,15,22H,10-11H2,1-2H3,(H,21,23). The Morgan fingerprint density at radius 3 is 2.84 bits per heavy atom. The molecule has 1 aromatic heterocycles. The highest BCUT2D eigenvalue weighted by atomic mass is 16.6. The van der Waals surface area contributed by atoms with E-state index in [2.05, 4.69) is 17.2 Å². The van der Waals surface area contributed by atoms with E-state index in [1.165, 1.54) is 5.56 Å². The highest BCUT2D eigenvalue weighted by Gasteiger charge is 2.21. The minimum Gasteiger partial charge on any atom is -0.486 e. The molecule has 0 bridgehead atoms. The molecule has 25 heavy (non-hydrogen) atoms. The van der Waals surface area contributed by atoms with Gasteiger partial charge in [-0.15, -0.1) is 0 Å². The predicted octanol–water partition coefficient (Wildman–Crippen LogP) is 3.35. The number of aryl methyl sites for hydroxylation is 2. The van der Waals surface area contributed by atoms with E-state index in [4.69, 9.17) is 9.47 Å². The van der Waals surface area contributed by atoms with Crippen LogP contribution in [0.2, 0.25) is 0 Å². The molecule has 0 spiro atoms. The normalized spacial score (nSPS) is 16.0. The number of para-hydroxylation sites is 2. The van der Waals surface area contributed by atoms with Crippen molar-refractivity contribution in [2.45, 2.75) is 20.0 Å². The summed E-state index contributed by atoms with van der Waals surface area (Å²) in [6.07, 6.45) is -0.196. The fourth-order valence-electron chi connectivity index (χ4n) is 3.07. The van der Waals surface area contributed by atoms with Crippen molar-refractivity contribution in [2.24, 2.45) is 0 Å². The molecular weight excluding hydrogens is 316 g/mol. The van der Waals surface area contributed by atoms with Crippen LogP contribution in [0.5, 0.6) is 11.5 Å². The number of aromatic nitrogens is 1. The van der Waals surface area contributed by atoms with Gasteiger partial charge >= 0.3 is 0 Å². The summed E-state index contributed by atoms with van der Waals surface area (Å²) in [5, 5.41) is 4.02.